The molecule has 0 radical (unpaired) electrons. The zero-order valence-corrected chi connectivity index (χ0v) is 16.9. The largest absolute Gasteiger partial charge is 0.465 e. The summed E-state index contributed by atoms with van der Waals surface area (Å²) in [5.74, 6) is 0.0341. The third kappa shape index (κ3) is 5.38. The number of alkyl halides is 3. The number of hydrogen-bond donors (Lipinski definition) is 1. The standard InChI is InChI=1S/C19H21F3N6O3/c1-12-10-26(18(30)31)7-8-27(12)17(29)6-4-14-3-5-16(19(20,21)22)9-15(14)11-28-24-13(2)23-25-28/h3-6,9,12H,7-8,10-11H2,1-2H3,(H,30,31)/b6-4+. The molecule has 3 rings (SSSR count). The summed E-state index contributed by atoms with van der Waals surface area (Å²) in [4.78, 5) is 27.6. The Bertz CT molecular complexity index is 1000. The van der Waals surface area contributed by atoms with Crippen molar-refractivity contribution in [3.63, 3.8) is 0 Å². The van der Waals surface area contributed by atoms with E-state index < -0.39 is 17.8 Å². The second kappa shape index (κ2) is 8.74. The van der Waals surface area contributed by atoms with Crippen LogP contribution in [0.15, 0.2) is 24.3 Å². The highest BCUT2D eigenvalue weighted by molar-refractivity contribution is 5.92. The maximum absolute atomic E-state index is 13.2. The van der Waals surface area contributed by atoms with Crippen LogP contribution in [0.4, 0.5) is 18.0 Å². The Balaban J connectivity index is 1.81. The van der Waals surface area contributed by atoms with Gasteiger partial charge in [-0.25, -0.2) is 4.79 Å². The van der Waals surface area contributed by atoms with Crippen LogP contribution in [-0.4, -0.2) is 72.8 Å². The van der Waals surface area contributed by atoms with Crippen molar-refractivity contribution < 1.29 is 27.9 Å². The first-order chi connectivity index (χ1) is 14.5. The summed E-state index contributed by atoms with van der Waals surface area (Å²) in [5.41, 5.74) is -0.130. The number of aryl methyl sites for hydroxylation is 1. The highest BCUT2D eigenvalue weighted by Crippen LogP contribution is 2.31. The van der Waals surface area contributed by atoms with Gasteiger partial charge in [0.2, 0.25) is 5.91 Å². The lowest BCUT2D eigenvalue weighted by atomic mass is 10.0. The minimum Gasteiger partial charge on any atom is -0.465 e. The van der Waals surface area contributed by atoms with E-state index in [9.17, 15) is 22.8 Å². The molecule has 9 nitrogen and oxygen atoms in total. The van der Waals surface area contributed by atoms with Gasteiger partial charge in [0.1, 0.15) is 0 Å². The average molecular weight is 438 g/mol. The fraction of sp³-hybridized carbons (Fsp3) is 0.421. The monoisotopic (exact) mass is 438 g/mol. The molecule has 31 heavy (non-hydrogen) atoms. The minimum atomic E-state index is -4.52. The third-order valence-corrected chi connectivity index (χ3v) is 4.92. The molecule has 1 aromatic carbocycles. The lowest BCUT2D eigenvalue weighted by molar-refractivity contribution is -0.137. The van der Waals surface area contributed by atoms with E-state index in [0.717, 1.165) is 12.1 Å². The molecule has 1 atom stereocenters. The van der Waals surface area contributed by atoms with Gasteiger partial charge < -0.3 is 14.9 Å². The van der Waals surface area contributed by atoms with Crippen LogP contribution < -0.4 is 0 Å². The van der Waals surface area contributed by atoms with Crippen LogP contribution in [0.5, 0.6) is 0 Å². The number of hydrogen-bond acceptors (Lipinski definition) is 5. The lowest BCUT2D eigenvalue weighted by Gasteiger charge is -2.38. The molecule has 1 aromatic heterocycles. The fourth-order valence-electron chi connectivity index (χ4n) is 3.34. The number of carbonyl (C=O) groups excluding carboxylic acids is 1. The van der Waals surface area contributed by atoms with E-state index in [2.05, 4.69) is 15.4 Å². The molecule has 0 saturated carbocycles. The van der Waals surface area contributed by atoms with Gasteiger partial charge in [0.05, 0.1) is 12.1 Å². The molecule has 1 fully saturated rings. The minimum absolute atomic E-state index is 0.0493. The van der Waals surface area contributed by atoms with Gasteiger partial charge in [0, 0.05) is 31.8 Å². The highest BCUT2D eigenvalue weighted by atomic mass is 19.4. The Morgan fingerprint density at radius 2 is 2.03 bits per heavy atom. The Hall–Kier alpha value is -3.44. The molecular weight excluding hydrogens is 417 g/mol. The van der Waals surface area contributed by atoms with Gasteiger partial charge in [-0.3, -0.25) is 4.79 Å². The van der Waals surface area contributed by atoms with Crippen LogP contribution in [0, 0.1) is 6.92 Å². The second-order valence-corrected chi connectivity index (χ2v) is 7.22. The summed E-state index contributed by atoms with van der Waals surface area (Å²) < 4.78 is 39.5. The van der Waals surface area contributed by atoms with Crippen LogP contribution in [-0.2, 0) is 17.5 Å². The molecule has 0 bridgehead atoms. The molecule has 166 valence electrons. The number of tetrazole rings is 1. The Kier molecular flexibility index (Phi) is 6.27. The van der Waals surface area contributed by atoms with Crippen LogP contribution in [0.2, 0.25) is 0 Å². The van der Waals surface area contributed by atoms with Gasteiger partial charge in [-0.2, -0.15) is 18.0 Å². The summed E-state index contributed by atoms with van der Waals surface area (Å²) in [6.07, 6.45) is -2.84. The van der Waals surface area contributed by atoms with Crippen molar-refractivity contribution in [1.82, 2.24) is 30.0 Å². The predicted molar refractivity (Wildman–Crippen MR) is 103 cm³/mol. The van der Waals surface area contributed by atoms with Crippen molar-refractivity contribution in [3.05, 3.63) is 46.8 Å². The van der Waals surface area contributed by atoms with Crippen molar-refractivity contribution in [1.29, 1.82) is 0 Å². The Morgan fingerprint density at radius 1 is 1.29 bits per heavy atom. The van der Waals surface area contributed by atoms with Gasteiger partial charge in [-0.05, 0) is 48.4 Å². The SMILES string of the molecule is Cc1nnn(Cc2cc(C(F)(F)F)ccc2/C=C/C(=O)N2CCN(C(=O)O)CC2C)n1. The first-order valence-corrected chi connectivity index (χ1v) is 9.45. The molecule has 0 spiro atoms. The molecule has 12 heteroatoms. The van der Waals surface area contributed by atoms with Crippen LogP contribution in [0.25, 0.3) is 6.08 Å². The number of carbonyl (C=O) groups is 2. The van der Waals surface area contributed by atoms with E-state index in [1.54, 1.807) is 13.8 Å². The lowest BCUT2D eigenvalue weighted by Crippen LogP contribution is -2.54. The normalized spacial score (nSPS) is 17.4. The fourth-order valence-corrected chi connectivity index (χ4v) is 3.34. The predicted octanol–water partition coefficient (Wildman–Crippen LogP) is 2.27. The average Bonchev–Trinajstić information content (AvgIpc) is 3.10. The number of nitrogens with zero attached hydrogens (tertiary/aromatic N) is 6. The molecule has 1 aliphatic heterocycles. The van der Waals surface area contributed by atoms with E-state index in [-0.39, 0.29) is 43.7 Å². The maximum atomic E-state index is 13.2. The molecule has 1 unspecified atom stereocenters. The third-order valence-electron chi connectivity index (χ3n) is 4.92. The van der Waals surface area contributed by atoms with E-state index >= 15 is 0 Å². The van der Waals surface area contributed by atoms with Crippen molar-refractivity contribution in [3.8, 4) is 0 Å². The van der Waals surface area contributed by atoms with Gasteiger partial charge in [-0.15, -0.1) is 10.2 Å². The van der Waals surface area contributed by atoms with Crippen LogP contribution in [0.1, 0.15) is 29.4 Å². The molecule has 1 saturated heterocycles. The van der Waals surface area contributed by atoms with Crippen LogP contribution in [0.3, 0.4) is 0 Å². The highest BCUT2D eigenvalue weighted by Gasteiger charge is 2.31. The molecule has 2 heterocycles. The number of rotatable bonds is 4. The van der Waals surface area contributed by atoms with E-state index in [1.165, 1.54) is 32.8 Å². The maximum Gasteiger partial charge on any atom is 0.416 e. The number of amides is 2. The van der Waals surface area contributed by atoms with Crippen molar-refractivity contribution in [2.45, 2.75) is 32.6 Å². The van der Waals surface area contributed by atoms with Gasteiger partial charge in [0.15, 0.2) is 5.82 Å². The smallest absolute Gasteiger partial charge is 0.416 e. The number of carboxylic acid groups (broad SMARTS) is 1. The zero-order chi connectivity index (χ0) is 22.8. The zero-order valence-electron chi connectivity index (χ0n) is 16.9. The number of aromatic nitrogens is 4. The molecule has 1 N–H and O–H groups in total. The first kappa shape index (κ1) is 22.2. The molecule has 1 aliphatic rings. The Morgan fingerprint density at radius 3 is 2.61 bits per heavy atom. The second-order valence-electron chi connectivity index (χ2n) is 7.22. The summed E-state index contributed by atoms with van der Waals surface area (Å²) in [6.45, 7) is 3.92. The van der Waals surface area contributed by atoms with Crippen molar-refractivity contribution >= 4 is 18.1 Å². The summed E-state index contributed by atoms with van der Waals surface area (Å²) >= 11 is 0. The van der Waals surface area contributed by atoms with Gasteiger partial charge in [0.25, 0.3) is 0 Å². The molecule has 2 amide bonds. The summed E-state index contributed by atoms with van der Waals surface area (Å²) in [7, 11) is 0. The molecular formula is C19H21F3N6O3. The first-order valence-electron chi connectivity index (χ1n) is 9.45. The van der Waals surface area contributed by atoms with E-state index in [4.69, 9.17) is 5.11 Å². The summed E-state index contributed by atoms with van der Waals surface area (Å²) in [6, 6.07) is 2.91. The van der Waals surface area contributed by atoms with E-state index in [0.29, 0.717) is 11.4 Å². The quantitative estimate of drug-likeness (QED) is 0.735. The number of benzene rings is 1. The van der Waals surface area contributed by atoms with Gasteiger partial charge in [-0.1, -0.05) is 6.07 Å². The summed E-state index contributed by atoms with van der Waals surface area (Å²) in [5, 5.41) is 20.6. The van der Waals surface area contributed by atoms with Crippen molar-refractivity contribution in [2.24, 2.45) is 0 Å². The van der Waals surface area contributed by atoms with Gasteiger partial charge >= 0.3 is 12.3 Å². The molecule has 0 aliphatic carbocycles. The van der Waals surface area contributed by atoms with Crippen LogP contribution >= 0.6 is 0 Å². The van der Waals surface area contributed by atoms with E-state index in [1.807, 2.05) is 0 Å². The number of piperazine rings is 1. The Labute approximate surface area is 175 Å². The number of halogens is 3. The molecule has 2 aromatic rings. The van der Waals surface area contributed by atoms with Crippen molar-refractivity contribution in [2.75, 3.05) is 19.6 Å². The topological polar surface area (TPSA) is 104 Å².